The summed E-state index contributed by atoms with van der Waals surface area (Å²) < 4.78 is 1.94. The maximum atomic E-state index is 9.40. The third-order valence-corrected chi connectivity index (χ3v) is 4.10. The van der Waals surface area contributed by atoms with E-state index in [9.17, 15) is 5.11 Å². The van der Waals surface area contributed by atoms with Crippen molar-refractivity contribution in [2.45, 2.75) is 32.4 Å². The van der Waals surface area contributed by atoms with Crippen LogP contribution in [0.4, 0.5) is 0 Å². The number of likely N-dealkylation sites (tertiary alicyclic amines) is 1. The highest BCUT2D eigenvalue weighted by Crippen LogP contribution is 2.21. The molecular formula is C16H21N3O. The monoisotopic (exact) mass is 271 g/mol. The summed E-state index contributed by atoms with van der Waals surface area (Å²) in [6, 6.07) is 10.5. The minimum atomic E-state index is 0.256. The normalized spacial score (nSPS) is 19.6. The first-order valence-electron chi connectivity index (χ1n) is 7.23. The molecule has 0 amide bonds. The van der Waals surface area contributed by atoms with E-state index >= 15 is 0 Å². The summed E-state index contributed by atoms with van der Waals surface area (Å²) in [5, 5.41) is 14.0. The minimum absolute atomic E-state index is 0.256. The first kappa shape index (κ1) is 13.3. The molecule has 0 saturated carbocycles. The zero-order valence-corrected chi connectivity index (χ0v) is 11.9. The minimum Gasteiger partial charge on any atom is -0.395 e. The van der Waals surface area contributed by atoms with Gasteiger partial charge in [0, 0.05) is 24.3 Å². The lowest BCUT2D eigenvalue weighted by atomic mass is 10.2. The van der Waals surface area contributed by atoms with E-state index in [-0.39, 0.29) is 6.61 Å². The zero-order valence-electron chi connectivity index (χ0n) is 11.9. The molecule has 0 spiro atoms. The first-order valence-corrected chi connectivity index (χ1v) is 7.23. The molecule has 1 aromatic carbocycles. The Labute approximate surface area is 119 Å². The molecule has 1 aliphatic rings. The van der Waals surface area contributed by atoms with Crippen LogP contribution in [-0.4, -0.2) is 39.0 Å². The zero-order chi connectivity index (χ0) is 13.9. The molecular weight excluding hydrogens is 250 g/mol. The average Bonchev–Trinajstić information content (AvgIpc) is 3.07. The van der Waals surface area contributed by atoms with Crippen LogP contribution in [0.25, 0.3) is 5.69 Å². The fraction of sp³-hybridized carbons (Fsp3) is 0.438. The summed E-state index contributed by atoms with van der Waals surface area (Å²) in [5.74, 6) is 0. The molecule has 1 atom stereocenters. The summed E-state index contributed by atoms with van der Waals surface area (Å²) in [6.45, 7) is 4.26. The van der Waals surface area contributed by atoms with E-state index in [2.05, 4.69) is 35.3 Å². The highest BCUT2D eigenvalue weighted by molar-refractivity contribution is 5.32. The van der Waals surface area contributed by atoms with Gasteiger partial charge in [0.1, 0.15) is 0 Å². The van der Waals surface area contributed by atoms with Crippen LogP contribution >= 0.6 is 0 Å². The lowest BCUT2D eigenvalue weighted by molar-refractivity contribution is 0.153. The fourth-order valence-electron chi connectivity index (χ4n) is 2.89. The van der Waals surface area contributed by atoms with Gasteiger partial charge in [0.15, 0.2) is 0 Å². The molecule has 106 valence electrons. The van der Waals surface area contributed by atoms with E-state index in [1.54, 1.807) is 0 Å². The number of para-hydroxylation sites is 1. The van der Waals surface area contributed by atoms with Gasteiger partial charge in [-0.15, -0.1) is 0 Å². The second kappa shape index (κ2) is 5.77. The van der Waals surface area contributed by atoms with Crippen LogP contribution in [0.3, 0.4) is 0 Å². The van der Waals surface area contributed by atoms with Crippen molar-refractivity contribution in [3.63, 3.8) is 0 Å². The number of aryl methyl sites for hydroxylation is 1. The Morgan fingerprint density at radius 3 is 2.85 bits per heavy atom. The Morgan fingerprint density at radius 2 is 2.10 bits per heavy atom. The second-order valence-corrected chi connectivity index (χ2v) is 5.47. The van der Waals surface area contributed by atoms with Crippen LogP contribution in [0.15, 0.2) is 36.5 Å². The van der Waals surface area contributed by atoms with Crippen LogP contribution in [0, 0.1) is 6.92 Å². The average molecular weight is 271 g/mol. The number of aliphatic hydroxyl groups is 1. The molecule has 2 heterocycles. The van der Waals surface area contributed by atoms with Crippen molar-refractivity contribution < 1.29 is 5.11 Å². The number of nitrogens with zero attached hydrogens (tertiary/aromatic N) is 3. The molecule has 4 heteroatoms. The predicted molar refractivity (Wildman–Crippen MR) is 78.8 cm³/mol. The third kappa shape index (κ3) is 2.62. The molecule has 0 bridgehead atoms. The molecule has 4 nitrogen and oxygen atoms in total. The Morgan fingerprint density at radius 1 is 1.30 bits per heavy atom. The molecule has 1 N–H and O–H groups in total. The van der Waals surface area contributed by atoms with Gasteiger partial charge in [-0.3, -0.25) is 4.90 Å². The van der Waals surface area contributed by atoms with E-state index in [1.807, 2.05) is 22.9 Å². The van der Waals surface area contributed by atoms with Gasteiger partial charge in [0.2, 0.25) is 0 Å². The maximum absolute atomic E-state index is 9.40. The second-order valence-electron chi connectivity index (χ2n) is 5.47. The number of aliphatic hydroxyl groups excluding tert-OH is 1. The molecule has 1 aromatic heterocycles. The largest absolute Gasteiger partial charge is 0.395 e. The molecule has 1 aliphatic heterocycles. The van der Waals surface area contributed by atoms with Gasteiger partial charge in [-0.05, 0) is 38.4 Å². The number of aromatic nitrogens is 2. The number of hydrogen-bond acceptors (Lipinski definition) is 3. The lowest BCUT2D eigenvalue weighted by Crippen LogP contribution is -2.31. The SMILES string of the molecule is Cc1nn(-c2ccccc2)cc1CN1CCC[C@@H]1CO. The quantitative estimate of drug-likeness (QED) is 0.926. The van der Waals surface area contributed by atoms with Crippen molar-refractivity contribution in [3.8, 4) is 5.69 Å². The highest BCUT2D eigenvalue weighted by atomic mass is 16.3. The van der Waals surface area contributed by atoms with Gasteiger partial charge >= 0.3 is 0 Å². The van der Waals surface area contributed by atoms with Gasteiger partial charge in [-0.2, -0.15) is 5.10 Å². The Balaban J connectivity index is 1.79. The predicted octanol–water partition coefficient (Wildman–Crippen LogP) is 2.14. The molecule has 1 fully saturated rings. The molecule has 0 unspecified atom stereocenters. The van der Waals surface area contributed by atoms with Gasteiger partial charge in [-0.1, -0.05) is 18.2 Å². The molecule has 0 radical (unpaired) electrons. The lowest BCUT2D eigenvalue weighted by Gasteiger charge is -2.22. The van der Waals surface area contributed by atoms with E-state index in [1.165, 1.54) is 12.0 Å². The molecule has 20 heavy (non-hydrogen) atoms. The molecule has 1 saturated heterocycles. The van der Waals surface area contributed by atoms with Gasteiger partial charge in [0.05, 0.1) is 18.0 Å². The summed E-state index contributed by atoms with van der Waals surface area (Å²) in [4.78, 5) is 2.36. The van der Waals surface area contributed by atoms with Crippen molar-refractivity contribution in [1.29, 1.82) is 0 Å². The van der Waals surface area contributed by atoms with Crippen LogP contribution in [-0.2, 0) is 6.54 Å². The Kier molecular flexibility index (Phi) is 3.85. The summed E-state index contributed by atoms with van der Waals surface area (Å²) in [5.41, 5.74) is 3.40. The van der Waals surface area contributed by atoms with Crippen molar-refractivity contribution in [2.24, 2.45) is 0 Å². The number of benzene rings is 1. The topological polar surface area (TPSA) is 41.3 Å². The van der Waals surface area contributed by atoms with Crippen LogP contribution in [0.2, 0.25) is 0 Å². The summed E-state index contributed by atoms with van der Waals surface area (Å²) in [7, 11) is 0. The smallest absolute Gasteiger partial charge is 0.0645 e. The summed E-state index contributed by atoms with van der Waals surface area (Å²) in [6.07, 6.45) is 4.39. The third-order valence-electron chi connectivity index (χ3n) is 4.10. The van der Waals surface area contributed by atoms with Gasteiger partial charge < -0.3 is 5.11 Å². The van der Waals surface area contributed by atoms with Crippen molar-refractivity contribution >= 4 is 0 Å². The van der Waals surface area contributed by atoms with E-state index in [4.69, 9.17) is 0 Å². The molecule has 3 rings (SSSR count). The van der Waals surface area contributed by atoms with E-state index in [0.717, 1.165) is 30.9 Å². The number of hydrogen-bond donors (Lipinski definition) is 1. The van der Waals surface area contributed by atoms with Gasteiger partial charge in [-0.25, -0.2) is 4.68 Å². The van der Waals surface area contributed by atoms with Crippen LogP contribution < -0.4 is 0 Å². The van der Waals surface area contributed by atoms with Crippen molar-refractivity contribution in [2.75, 3.05) is 13.2 Å². The van der Waals surface area contributed by atoms with Crippen molar-refractivity contribution in [1.82, 2.24) is 14.7 Å². The highest BCUT2D eigenvalue weighted by Gasteiger charge is 2.24. The fourth-order valence-corrected chi connectivity index (χ4v) is 2.89. The van der Waals surface area contributed by atoms with Crippen LogP contribution in [0.5, 0.6) is 0 Å². The first-order chi connectivity index (χ1) is 9.78. The molecule has 0 aliphatic carbocycles. The number of rotatable bonds is 4. The van der Waals surface area contributed by atoms with E-state index < -0.39 is 0 Å². The molecule has 2 aromatic rings. The Bertz CT molecular complexity index is 564. The Hall–Kier alpha value is -1.65. The summed E-state index contributed by atoms with van der Waals surface area (Å²) >= 11 is 0. The van der Waals surface area contributed by atoms with E-state index in [0.29, 0.717) is 6.04 Å². The van der Waals surface area contributed by atoms with Crippen molar-refractivity contribution in [3.05, 3.63) is 47.8 Å². The standard InChI is InChI=1S/C16H21N3O/c1-13-14(10-18-9-5-8-16(18)12-20)11-19(17-13)15-6-3-2-4-7-15/h2-4,6-7,11,16,20H,5,8-10,12H2,1H3/t16-/m1/s1. The maximum Gasteiger partial charge on any atom is 0.0645 e. The van der Waals surface area contributed by atoms with Gasteiger partial charge in [0.25, 0.3) is 0 Å². The van der Waals surface area contributed by atoms with Crippen LogP contribution in [0.1, 0.15) is 24.1 Å².